The van der Waals surface area contributed by atoms with E-state index in [1.165, 1.54) is 0 Å². The molecule has 0 spiro atoms. The van der Waals surface area contributed by atoms with Crippen molar-refractivity contribution < 1.29 is 18.3 Å². The van der Waals surface area contributed by atoms with Crippen molar-refractivity contribution in [1.82, 2.24) is 5.32 Å². The Morgan fingerprint density at radius 3 is 2.74 bits per heavy atom. The summed E-state index contributed by atoms with van der Waals surface area (Å²) in [5.41, 5.74) is -0.433. The molecule has 1 aliphatic rings. The molecule has 0 bridgehead atoms. The van der Waals surface area contributed by atoms with E-state index in [4.69, 9.17) is 4.74 Å². The van der Waals surface area contributed by atoms with Crippen molar-refractivity contribution >= 4 is 27.5 Å². The lowest BCUT2D eigenvalue weighted by atomic mass is 10.2. The van der Waals surface area contributed by atoms with Crippen LogP contribution in [-0.4, -0.2) is 31.7 Å². The van der Waals surface area contributed by atoms with Crippen LogP contribution in [0.4, 0.5) is 14.5 Å². The fourth-order valence-corrected chi connectivity index (χ4v) is 2.21. The summed E-state index contributed by atoms with van der Waals surface area (Å²) in [6.45, 7) is 1.83. The SMILES string of the molecule is O=C(CC1CNCCO1)Nc1c(F)cc(Br)cc1F. The van der Waals surface area contributed by atoms with Gasteiger partial charge in [-0.1, -0.05) is 15.9 Å². The summed E-state index contributed by atoms with van der Waals surface area (Å²) in [5, 5.41) is 5.31. The molecule has 7 heteroatoms. The molecule has 0 radical (unpaired) electrons. The van der Waals surface area contributed by atoms with E-state index in [9.17, 15) is 13.6 Å². The second-order valence-corrected chi connectivity index (χ2v) is 5.11. The van der Waals surface area contributed by atoms with E-state index in [2.05, 4.69) is 26.6 Å². The topological polar surface area (TPSA) is 50.4 Å². The summed E-state index contributed by atoms with van der Waals surface area (Å²) in [6.07, 6.45) is -0.211. The van der Waals surface area contributed by atoms with Crippen LogP contribution in [0.15, 0.2) is 16.6 Å². The Balaban J connectivity index is 1.98. The zero-order valence-electron chi connectivity index (χ0n) is 10.0. The molecule has 2 rings (SSSR count). The molecule has 0 aromatic heterocycles. The molecule has 1 aliphatic heterocycles. The van der Waals surface area contributed by atoms with Crippen LogP contribution in [0.3, 0.4) is 0 Å². The predicted octanol–water partition coefficient (Wildman–Crippen LogP) is 2.04. The lowest BCUT2D eigenvalue weighted by Gasteiger charge is -2.23. The fraction of sp³-hybridized carbons (Fsp3) is 0.417. The molecule has 2 N–H and O–H groups in total. The van der Waals surface area contributed by atoms with Crippen molar-refractivity contribution in [1.29, 1.82) is 0 Å². The van der Waals surface area contributed by atoms with Crippen molar-refractivity contribution in [3.63, 3.8) is 0 Å². The molecule has 19 heavy (non-hydrogen) atoms. The van der Waals surface area contributed by atoms with Gasteiger partial charge in [-0.15, -0.1) is 0 Å². The van der Waals surface area contributed by atoms with E-state index in [0.717, 1.165) is 18.7 Å². The van der Waals surface area contributed by atoms with Crippen molar-refractivity contribution in [3.05, 3.63) is 28.2 Å². The van der Waals surface area contributed by atoms with E-state index in [1.807, 2.05) is 0 Å². The molecule has 0 saturated carbocycles. The number of hydrogen-bond donors (Lipinski definition) is 2. The van der Waals surface area contributed by atoms with Gasteiger partial charge >= 0.3 is 0 Å². The minimum Gasteiger partial charge on any atom is -0.375 e. The Morgan fingerprint density at radius 1 is 1.47 bits per heavy atom. The molecule has 1 fully saturated rings. The number of amides is 1. The Bertz CT molecular complexity index is 456. The van der Waals surface area contributed by atoms with Gasteiger partial charge < -0.3 is 15.4 Å². The molecule has 4 nitrogen and oxygen atoms in total. The fourth-order valence-electron chi connectivity index (χ4n) is 1.81. The van der Waals surface area contributed by atoms with Crippen LogP contribution < -0.4 is 10.6 Å². The summed E-state index contributed by atoms with van der Waals surface area (Å²) in [4.78, 5) is 11.7. The van der Waals surface area contributed by atoms with Gasteiger partial charge in [0.1, 0.15) is 5.69 Å². The third-order valence-electron chi connectivity index (χ3n) is 2.69. The predicted molar refractivity (Wildman–Crippen MR) is 69.9 cm³/mol. The van der Waals surface area contributed by atoms with Gasteiger partial charge in [-0.25, -0.2) is 8.78 Å². The molecular formula is C12H13BrF2N2O2. The number of morpholine rings is 1. The molecule has 104 valence electrons. The minimum absolute atomic E-state index is 0.0575. The largest absolute Gasteiger partial charge is 0.375 e. The highest BCUT2D eigenvalue weighted by Crippen LogP contribution is 2.24. The van der Waals surface area contributed by atoms with Gasteiger partial charge in [0.25, 0.3) is 0 Å². The van der Waals surface area contributed by atoms with Crippen LogP contribution in [0.1, 0.15) is 6.42 Å². The number of halogens is 3. The highest BCUT2D eigenvalue weighted by molar-refractivity contribution is 9.10. The minimum atomic E-state index is -0.817. The summed E-state index contributed by atoms with van der Waals surface area (Å²) in [5.74, 6) is -2.11. The van der Waals surface area contributed by atoms with Gasteiger partial charge in [0.15, 0.2) is 11.6 Å². The highest BCUT2D eigenvalue weighted by atomic mass is 79.9. The third kappa shape index (κ3) is 3.95. The Hall–Kier alpha value is -1.05. The first kappa shape index (κ1) is 14.4. The second kappa shape index (κ2) is 6.40. The van der Waals surface area contributed by atoms with Gasteiger partial charge in [-0.3, -0.25) is 4.79 Å². The molecule has 1 aromatic carbocycles. The van der Waals surface area contributed by atoms with E-state index >= 15 is 0 Å². The van der Waals surface area contributed by atoms with Gasteiger partial charge in [0, 0.05) is 17.6 Å². The van der Waals surface area contributed by atoms with Crippen LogP contribution in [0.25, 0.3) is 0 Å². The van der Waals surface area contributed by atoms with Gasteiger partial charge in [-0.2, -0.15) is 0 Å². The van der Waals surface area contributed by atoms with E-state index in [1.54, 1.807) is 0 Å². The van der Waals surface area contributed by atoms with Crippen LogP contribution in [0.5, 0.6) is 0 Å². The number of carbonyl (C=O) groups excluding carboxylic acids is 1. The molecule has 0 aliphatic carbocycles. The maximum atomic E-state index is 13.5. The zero-order valence-corrected chi connectivity index (χ0v) is 11.6. The number of hydrogen-bond acceptors (Lipinski definition) is 3. The molecule has 1 unspecified atom stereocenters. The average Bonchev–Trinajstić information content (AvgIpc) is 2.35. The maximum absolute atomic E-state index is 13.5. The number of carbonyl (C=O) groups is 1. The van der Waals surface area contributed by atoms with E-state index in [-0.39, 0.29) is 17.0 Å². The number of rotatable bonds is 3. The van der Waals surface area contributed by atoms with Crippen LogP contribution in [0.2, 0.25) is 0 Å². The van der Waals surface area contributed by atoms with Crippen molar-refractivity contribution in [2.45, 2.75) is 12.5 Å². The molecule has 1 heterocycles. The van der Waals surface area contributed by atoms with Gasteiger partial charge in [0.2, 0.25) is 5.91 Å². The van der Waals surface area contributed by atoms with Crippen LogP contribution in [0, 0.1) is 11.6 Å². The number of benzene rings is 1. The Morgan fingerprint density at radius 2 is 2.16 bits per heavy atom. The van der Waals surface area contributed by atoms with Crippen LogP contribution in [-0.2, 0) is 9.53 Å². The summed E-state index contributed by atoms with van der Waals surface area (Å²) >= 11 is 2.97. The maximum Gasteiger partial charge on any atom is 0.227 e. The van der Waals surface area contributed by atoms with Crippen molar-refractivity contribution in [3.8, 4) is 0 Å². The average molecular weight is 335 g/mol. The van der Waals surface area contributed by atoms with Crippen molar-refractivity contribution in [2.24, 2.45) is 0 Å². The van der Waals surface area contributed by atoms with E-state index in [0.29, 0.717) is 13.2 Å². The summed E-state index contributed by atoms with van der Waals surface area (Å²) < 4.78 is 32.7. The first-order valence-corrected chi connectivity index (χ1v) is 6.62. The molecule has 1 saturated heterocycles. The zero-order chi connectivity index (χ0) is 13.8. The Kier molecular flexibility index (Phi) is 4.84. The molecular weight excluding hydrogens is 322 g/mol. The van der Waals surface area contributed by atoms with E-state index < -0.39 is 23.2 Å². The lowest BCUT2D eigenvalue weighted by molar-refractivity contribution is -0.119. The summed E-state index contributed by atoms with van der Waals surface area (Å²) in [7, 11) is 0. The molecule has 1 amide bonds. The lowest BCUT2D eigenvalue weighted by Crippen LogP contribution is -2.40. The second-order valence-electron chi connectivity index (χ2n) is 4.19. The standard InChI is InChI=1S/C12H13BrF2N2O2/c13-7-3-9(14)12(10(15)4-7)17-11(18)5-8-6-16-1-2-19-8/h3-4,8,16H,1-2,5-6H2,(H,17,18). The summed E-state index contributed by atoms with van der Waals surface area (Å²) in [6, 6.07) is 2.19. The number of anilines is 1. The molecule has 1 aromatic rings. The third-order valence-corrected chi connectivity index (χ3v) is 3.15. The first-order chi connectivity index (χ1) is 9.06. The highest BCUT2D eigenvalue weighted by Gasteiger charge is 2.19. The normalized spacial score (nSPS) is 19.2. The van der Waals surface area contributed by atoms with Crippen molar-refractivity contribution in [2.75, 3.05) is 25.0 Å². The molecule has 1 atom stereocenters. The van der Waals surface area contributed by atoms with Gasteiger partial charge in [-0.05, 0) is 12.1 Å². The monoisotopic (exact) mass is 334 g/mol. The number of ether oxygens (including phenoxy) is 1. The first-order valence-electron chi connectivity index (χ1n) is 5.83. The number of nitrogens with one attached hydrogen (secondary N) is 2. The quantitative estimate of drug-likeness (QED) is 0.889. The van der Waals surface area contributed by atoms with Gasteiger partial charge in [0.05, 0.1) is 19.1 Å². The smallest absolute Gasteiger partial charge is 0.227 e. The van der Waals surface area contributed by atoms with Crippen LogP contribution >= 0.6 is 15.9 Å². The Labute approximate surface area is 117 Å².